The summed E-state index contributed by atoms with van der Waals surface area (Å²) < 4.78 is 8.41. The number of anilines is 1. The van der Waals surface area contributed by atoms with Gasteiger partial charge in [0.1, 0.15) is 5.75 Å². The largest absolute Gasteiger partial charge is 0.471 e. The van der Waals surface area contributed by atoms with E-state index < -0.39 is 0 Å². The molecular formula is C19H19BrN4OS. The first kappa shape index (κ1) is 18.4. The molecule has 0 fully saturated rings. The maximum absolute atomic E-state index is 5.68. The summed E-state index contributed by atoms with van der Waals surface area (Å²) in [5, 5.41) is 11.2. The summed E-state index contributed by atoms with van der Waals surface area (Å²) in [4.78, 5) is 0. The van der Waals surface area contributed by atoms with Crippen LogP contribution in [0.25, 0.3) is 0 Å². The topological polar surface area (TPSA) is 51.1 Å². The van der Waals surface area contributed by atoms with Crippen molar-refractivity contribution in [3.63, 3.8) is 0 Å². The van der Waals surface area contributed by atoms with Gasteiger partial charge in [-0.15, -0.1) is 0 Å². The lowest BCUT2D eigenvalue weighted by atomic mass is 10.1. The second kappa shape index (κ2) is 9.35. The van der Waals surface area contributed by atoms with Crippen molar-refractivity contribution < 1.29 is 4.74 Å². The fraction of sp³-hybridized carbons (Fsp3) is 0.158. The molecule has 1 aromatic heterocycles. The first-order valence-electron chi connectivity index (χ1n) is 8.19. The van der Waals surface area contributed by atoms with Crippen LogP contribution >= 0.6 is 28.1 Å². The van der Waals surface area contributed by atoms with E-state index in [0.717, 1.165) is 28.9 Å². The molecular weight excluding hydrogens is 412 g/mol. The molecule has 0 amide bonds. The van der Waals surface area contributed by atoms with E-state index >= 15 is 0 Å². The lowest BCUT2D eigenvalue weighted by Gasteiger charge is -2.09. The Morgan fingerprint density at radius 1 is 1.12 bits per heavy atom. The third-order valence-electron chi connectivity index (χ3n) is 3.61. The molecule has 0 radical (unpaired) electrons. The number of rotatable bonds is 7. The van der Waals surface area contributed by atoms with Gasteiger partial charge in [0.15, 0.2) is 11.8 Å². The number of halogens is 1. The molecule has 0 bridgehead atoms. The molecule has 3 rings (SSSR count). The highest BCUT2D eigenvalue weighted by Crippen LogP contribution is 2.16. The van der Waals surface area contributed by atoms with Gasteiger partial charge < -0.3 is 15.4 Å². The smallest absolute Gasteiger partial charge is 0.180 e. The monoisotopic (exact) mass is 430 g/mol. The standard InChI is InChI=1S/C19H19BrN4OS/c20-16-6-8-18(9-7-16)25-14-24-13-17(12-22-24)23-19(26)21-11-10-15-4-2-1-3-5-15/h1-9,12-13H,10-11,14H2,(H2,21,23,26). The number of nitrogens with one attached hydrogen (secondary N) is 2. The number of hydrogen-bond acceptors (Lipinski definition) is 3. The number of nitrogens with zero attached hydrogens (tertiary/aromatic N) is 2. The maximum atomic E-state index is 5.68. The van der Waals surface area contributed by atoms with Crippen molar-refractivity contribution in [1.82, 2.24) is 15.1 Å². The highest BCUT2D eigenvalue weighted by Gasteiger charge is 2.02. The minimum absolute atomic E-state index is 0.331. The summed E-state index contributed by atoms with van der Waals surface area (Å²) >= 11 is 8.72. The van der Waals surface area contributed by atoms with Crippen molar-refractivity contribution in [1.29, 1.82) is 0 Å². The van der Waals surface area contributed by atoms with Crippen molar-refractivity contribution in [3.8, 4) is 5.75 Å². The summed E-state index contributed by atoms with van der Waals surface area (Å²) in [6.45, 7) is 1.11. The third kappa shape index (κ3) is 5.86. The van der Waals surface area contributed by atoms with E-state index in [-0.39, 0.29) is 0 Å². The molecule has 0 saturated carbocycles. The zero-order chi connectivity index (χ0) is 18.2. The molecule has 0 spiro atoms. The van der Waals surface area contributed by atoms with Crippen LogP contribution in [0.4, 0.5) is 5.69 Å². The molecule has 0 aliphatic heterocycles. The SMILES string of the molecule is S=C(NCCc1ccccc1)Nc1cnn(COc2ccc(Br)cc2)c1. The first-order chi connectivity index (χ1) is 12.7. The minimum Gasteiger partial charge on any atom is -0.471 e. The van der Waals surface area contributed by atoms with Crippen molar-refractivity contribution >= 4 is 38.9 Å². The fourth-order valence-corrected chi connectivity index (χ4v) is 2.79. The number of hydrogen-bond donors (Lipinski definition) is 2. The van der Waals surface area contributed by atoms with Crippen LogP contribution < -0.4 is 15.4 Å². The molecule has 26 heavy (non-hydrogen) atoms. The summed E-state index contributed by atoms with van der Waals surface area (Å²) in [7, 11) is 0. The quantitative estimate of drug-likeness (QED) is 0.549. The Morgan fingerprint density at radius 3 is 2.65 bits per heavy atom. The average molecular weight is 431 g/mol. The Kier molecular flexibility index (Phi) is 6.62. The van der Waals surface area contributed by atoms with Crippen molar-refractivity contribution in [2.45, 2.75) is 13.2 Å². The van der Waals surface area contributed by atoms with Gasteiger partial charge in [0, 0.05) is 11.0 Å². The van der Waals surface area contributed by atoms with Gasteiger partial charge in [-0.05, 0) is 48.5 Å². The van der Waals surface area contributed by atoms with Gasteiger partial charge in [0.25, 0.3) is 0 Å². The van der Waals surface area contributed by atoms with Crippen LogP contribution in [0.15, 0.2) is 71.5 Å². The Bertz CT molecular complexity index is 836. The highest BCUT2D eigenvalue weighted by atomic mass is 79.9. The van der Waals surface area contributed by atoms with Crippen LogP contribution in [-0.4, -0.2) is 21.4 Å². The van der Waals surface area contributed by atoms with Crippen LogP contribution in [0.5, 0.6) is 5.75 Å². The summed E-state index contributed by atoms with van der Waals surface area (Å²) in [5.74, 6) is 0.788. The normalized spacial score (nSPS) is 10.3. The van der Waals surface area contributed by atoms with E-state index in [1.165, 1.54) is 5.56 Å². The lowest BCUT2D eigenvalue weighted by molar-refractivity contribution is 0.221. The molecule has 3 aromatic rings. The Labute approximate surface area is 166 Å². The molecule has 1 heterocycles. The molecule has 134 valence electrons. The van der Waals surface area contributed by atoms with Crippen LogP contribution in [0.3, 0.4) is 0 Å². The molecule has 7 heteroatoms. The zero-order valence-electron chi connectivity index (χ0n) is 14.1. The predicted molar refractivity (Wildman–Crippen MR) is 111 cm³/mol. The molecule has 0 aliphatic rings. The van der Waals surface area contributed by atoms with Crippen LogP contribution in [0, 0.1) is 0 Å². The van der Waals surface area contributed by atoms with E-state index in [9.17, 15) is 0 Å². The molecule has 0 unspecified atom stereocenters. The minimum atomic E-state index is 0.331. The van der Waals surface area contributed by atoms with Gasteiger partial charge in [-0.2, -0.15) is 5.10 Å². The molecule has 5 nitrogen and oxygen atoms in total. The third-order valence-corrected chi connectivity index (χ3v) is 4.39. The van der Waals surface area contributed by atoms with E-state index in [1.807, 2.05) is 48.7 Å². The fourth-order valence-electron chi connectivity index (χ4n) is 2.31. The second-order valence-electron chi connectivity index (χ2n) is 5.61. The van der Waals surface area contributed by atoms with Gasteiger partial charge in [0.05, 0.1) is 18.1 Å². The number of benzene rings is 2. The van der Waals surface area contributed by atoms with Gasteiger partial charge in [-0.25, -0.2) is 4.68 Å². The predicted octanol–water partition coefficient (Wildman–Crippen LogP) is 4.21. The van der Waals surface area contributed by atoms with Crippen molar-refractivity contribution in [3.05, 3.63) is 77.0 Å². The Hall–Kier alpha value is -2.38. The first-order valence-corrected chi connectivity index (χ1v) is 9.39. The van der Waals surface area contributed by atoms with Crippen LogP contribution in [-0.2, 0) is 13.2 Å². The zero-order valence-corrected chi connectivity index (χ0v) is 16.5. The second-order valence-corrected chi connectivity index (χ2v) is 6.94. The summed E-state index contributed by atoms with van der Waals surface area (Å²) in [5.41, 5.74) is 2.10. The van der Waals surface area contributed by atoms with Crippen molar-refractivity contribution in [2.24, 2.45) is 0 Å². The van der Waals surface area contributed by atoms with Gasteiger partial charge in [-0.1, -0.05) is 46.3 Å². The van der Waals surface area contributed by atoms with E-state index in [4.69, 9.17) is 17.0 Å². The summed E-state index contributed by atoms with van der Waals surface area (Å²) in [6, 6.07) is 18.0. The summed E-state index contributed by atoms with van der Waals surface area (Å²) in [6.07, 6.45) is 4.49. The molecule has 0 atom stereocenters. The average Bonchev–Trinajstić information content (AvgIpc) is 3.09. The molecule has 2 aromatic carbocycles. The van der Waals surface area contributed by atoms with Crippen LogP contribution in [0.1, 0.15) is 5.56 Å². The van der Waals surface area contributed by atoms with E-state index in [0.29, 0.717) is 11.8 Å². The Morgan fingerprint density at radius 2 is 1.88 bits per heavy atom. The van der Waals surface area contributed by atoms with Crippen molar-refractivity contribution in [2.75, 3.05) is 11.9 Å². The van der Waals surface area contributed by atoms with Crippen LogP contribution in [0.2, 0.25) is 0 Å². The van der Waals surface area contributed by atoms with Gasteiger partial charge >= 0.3 is 0 Å². The lowest BCUT2D eigenvalue weighted by Crippen LogP contribution is -2.30. The highest BCUT2D eigenvalue weighted by molar-refractivity contribution is 9.10. The molecule has 2 N–H and O–H groups in total. The van der Waals surface area contributed by atoms with E-state index in [1.54, 1.807) is 10.9 Å². The molecule has 0 saturated heterocycles. The molecule has 0 aliphatic carbocycles. The van der Waals surface area contributed by atoms with E-state index in [2.05, 4.69) is 43.8 Å². The number of aromatic nitrogens is 2. The van der Waals surface area contributed by atoms with Gasteiger partial charge in [0.2, 0.25) is 0 Å². The van der Waals surface area contributed by atoms with Gasteiger partial charge in [-0.3, -0.25) is 0 Å². The maximum Gasteiger partial charge on any atom is 0.180 e. The Balaban J connectivity index is 1.41. The number of thiocarbonyl (C=S) groups is 1. The number of ether oxygens (including phenoxy) is 1.